The van der Waals surface area contributed by atoms with Crippen LogP contribution in [0.5, 0.6) is 11.6 Å². The molecule has 226 valence electrons. The van der Waals surface area contributed by atoms with E-state index in [1.807, 2.05) is 6.07 Å². The SMILES string of the molecule is Cc1cc(Oc2c(F)cccc2F)ncc1-n1ncc(C(=O)c2cc3c4c(ccc3[nH]2)CCN(C2CCN(C)CC2)C4)c1N. The van der Waals surface area contributed by atoms with Crippen molar-refractivity contribution < 1.29 is 18.3 Å². The Bertz CT molecular complexity index is 1870. The summed E-state index contributed by atoms with van der Waals surface area (Å²) in [6.45, 7) is 5.94. The van der Waals surface area contributed by atoms with Gasteiger partial charge >= 0.3 is 0 Å². The summed E-state index contributed by atoms with van der Waals surface area (Å²) in [5.74, 6) is -2.30. The van der Waals surface area contributed by atoms with Crippen molar-refractivity contribution in [3.63, 3.8) is 0 Å². The first-order valence-electron chi connectivity index (χ1n) is 14.8. The summed E-state index contributed by atoms with van der Waals surface area (Å²) >= 11 is 0. The molecule has 1 saturated heterocycles. The molecule has 0 bridgehead atoms. The summed E-state index contributed by atoms with van der Waals surface area (Å²) in [4.78, 5) is 26.2. The number of anilines is 1. The zero-order chi connectivity index (χ0) is 30.5. The normalized spacial score (nSPS) is 16.4. The molecule has 2 aromatic carbocycles. The van der Waals surface area contributed by atoms with E-state index in [0.29, 0.717) is 23.0 Å². The molecule has 2 aliphatic rings. The van der Waals surface area contributed by atoms with E-state index in [4.69, 9.17) is 10.5 Å². The first kappa shape index (κ1) is 28.2. The van der Waals surface area contributed by atoms with Crippen molar-refractivity contribution in [1.82, 2.24) is 29.5 Å². The van der Waals surface area contributed by atoms with E-state index in [1.54, 1.807) is 6.92 Å². The van der Waals surface area contributed by atoms with Crippen molar-refractivity contribution in [3.05, 3.63) is 94.4 Å². The Morgan fingerprint density at radius 1 is 1.07 bits per heavy atom. The van der Waals surface area contributed by atoms with E-state index in [1.165, 1.54) is 53.2 Å². The summed E-state index contributed by atoms with van der Waals surface area (Å²) in [5, 5.41) is 5.44. The fourth-order valence-electron chi connectivity index (χ4n) is 6.43. The number of nitrogens with two attached hydrogens (primary N) is 1. The number of piperidine rings is 1. The molecule has 0 spiro atoms. The fraction of sp³-hybridized carbons (Fsp3) is 0.303. The number of nitrogens with zero attached hydrogens (tertiary/aromatic N) is 5. The lowest BCUT2D eigenvalue weighted by Crippen LogP contribution is -2.45. The largest absolute Gasteiger partial charge is 0.433 e. The number of ether oxygens (including phenoxy) is 1. The topological polar surface area (TPSA) is 105 Å². The van der Waals surface area contributed by atoms with Crippen LogP contribution in [0.3, 0.4) is 0 Å². The molecule has 0 unspecified atom stereocenters. The van der Waals surface area contributed by atoms with Crippen molar-refractivity contribution in [2.75, 3.05) is 32.4 Å². The number of benzene rings is 2. The minimum atomic E-state index is -0.833. The standard InChI is InChI=1S/C33H33F2N7O2/c1-19-14-30(44-32-25(34)4-3-5-26(32)35)37-17-29(19)42-33(36)23(16-38-42)31(43)28-15-22-24-18-41(21-9-11-40(2)12-10-21)13-8-20(24)6-7-27(22)39-28/h3-7,14-17,21,39H,8-13,18,36H2,1-2H3. The second kappa shape index (κ2) is 11.1. The molecule has 5 aromatic rings. The number of pyridine rings is 1. The summed E-state index contributed by atoms with van der Waals surface area (Å²) in [6, 6.07) is 11.7. The van der Waals surface area contributed by atoms with Gasteiger partial charge < -0.3 is 20.4 Å². The third-order valence-corrected chi connectivity index (χ3v) is 8.95. The quantitative estimate of drug-likeness (QED) is 0.253. The number of aromatic nitrogens is 4. The minimum Gasteiger partial charge on any atom is -0.433 e. The van der Waals surface area contributed by atoms with Gasteiger partial charge in [0.05, 0.1) is 29.3 Å². The van der Waals surface area contributed by atoms with Gasteiger partial charge in [0.15, 0.2) is 11.6 Å². The predicted octanol–water partition coefficient (Wildman–Crippen LogP) is 5.39. The molecule has 0 amide bonds. The van der Waals surface area contributed by atoms with E-state index >= 15 is 0 Å². The summed E-state index contributed by atoms with van der Waals surface area (Å²) < 4.78 is 34.9. The molecular formula is C33H33F2N7O2. The molecule has 7 rings (SSSR count). The number of ketones is 1. The zero-order valence-electron chi connectivity index (χ0n) is 24.6. The molecule has 0 saturated carbocycles. The number of carbonyl (C=O) groups is 1. The van der Waals surface area contributed by atoms with E-state index in [2.05, 4.69) is 44.0 Å². The Hall–Kier alpha value is -4.61. The van der Waals surface area contributed by atoms with Crippen LogP contribution in [-0.4, -0.2) is 68.1 Å². The van der Waals surface area contributed by atoms with Gasteiger partial charge in [0.2, 0.25) is 17.4 Å². The van der Waals surface area contributed by atoms with E-state index in [0.717, 1.165) is 55.6 Å². The lowest BCUT2D eigenvalue weighted by Gasteiger charge is -2.40. The number of hydrogen-bond acceptors (Lipinski definition) is 7. The number of para-hydroxylation sites is 1. The third kappa shape index (κ3) is 5.01. The van der Waals surface area contributed by atoms with Crippen LogP contribution in [0.1, 0.15) is 45.6 Å². The first-order valence-corrected chi connectivity index (χ1v) is 14.8. The summed E-state index contributed by atoms with van der Waals surface area (Å²) in [7, 11) is 2.18. The highest BCUT2D eigenvalue weighted by molar-refractivity contribution is 6.12. The van der Waals surface area contributed by atoms with Gasteiger partial charge in [-0.05, 0) is 87.3 Å². The molecule has 3 aromatic heterocycles. The molecule has 9 nitrogen and oxygen atoms in total. The van der Waals surface area contributed by atoms with Crippen LogP contribution in [-0.2, 0) is 13.0 Å². The smallest absolute Gasteiger partial charge is 0.219 e. The Morgan fingerprint density at radius 3 is 2.59 bits per heavy atom. The molecule has 0 radical (unpaired) electrons. The second-order valence-electron chi connectivity index (χ2n) is 11.7. The Kier molecular flexibility index (Phi) is 7.14. The molecule has 3 N–H and O–H groups in total. The minimum absolute atomic E-state index is 0.00748. The van der Waals surface area contributed by atoms with Gasteiger partial charge in [-0.2, -0.15) is 5.10 Å². The van der Waals surface area contributed by atoms with Crippen molar-refractivity contribution in [1.29, 1.82) is 0 Å². The Morgan fingerprint density at radius 2 is 1.84 bits per heavy atom. The maximum atomic E-state index is 14.0. The predicted molar refractivity (Wildman–Crippen MR) is 163 cm³/mol. The highest BCUT2D eigenvalue weighted by Gasteiger charge is 2.28. The van der Waals surface area contributed by atoms with Gasteiger partial charge in [0.25, 0.3) is 0 Å². The summed E-state index contributed by atoms with van der Waals surface area (Å²) in [5.41, 5.74) is 11.8. The average molecular weight is 598 g/mol. The molecule has 44 heavy (non-hydrogen) atoms. The molecule has 0 atom stereocenters. The molecule has 2 aliphatic heterocycles. The van der Waals surface area contributed by atoms with E-state index < -0.39 is 17.4 Å². The maximum absolute atomic E-state index is 14.0. The number of aromatic amines is 1. The van der Waals surface area contributed by atoms with Crippen molar-refractivity contribution in [2.45, 2.75) is 38.8 Å². The molecule has 5 heterocycles. The van der Waals surface area contributed by atoms with Crippen LogP contribution in [0.15, 0.2) is 54.9 Å². The fourth-order valence-corrected chi connectivity index (χ4v) is 6.43. The van der Waals surface area contributed by atoms with Crippen LogP contribution in [0.2, 0.25) is 0 Å². The number of likely N-dealkylation sites (tertiary alicyclic amines) is 1. The van der Waals surface area contributed by atoms with Gasteiger partial charge in [0, 0.05) is 36.1 Å². The number of hydrogen-bond donors (Lipinski definition) is 2. The highest BCUT2D eigenvalue weighted by atomic mass is 19.1. The first-order chi connectivity index (χ1) is 21.3. The lowest BCUT2D eigenvalue weighted by molar-refractivity contribution is 0.103. The zero-order valence-corrected chi connectivity index (χ0v) is 24.6. The number of rotatable bonds is 6. The Balaban J connectivity index is 1.14. The Labute approximate surface area is 253 Å². The van der Waals surface area contributed by atoms with Crippen molar-refractivity contribution in [2.24, 2.45) is 0 Å². The van der Waals surface area contributed by atoms with E-state index in [-0.39, 0.29) is 23.0 Å². The molecular weight excluding hydrogens is 564 g/mol. The monoisotopic (exact) mass is 597 g/mol. The van der Waals surface area contributed by atoms with Crippen LogP contribution in [0.4, 0.5) is 14.6 Å². The van der Waals surface area contributed by atoms with Crippen molar-refractivity contribution in [3.8, 4) is 17.3 Å². The number of aryl methyl sites for hydroxylation is 1. The number of halogens is 2. The lowest BCUT2D eigenvalue weighted by atomic mass is 9.93. The highest BCUT2D eigenvalue weighted by Crippen LogP contribution is 2.33. The van der Waals surface area contributed by atoms with Gasteiger partial charge in [-0.3, -0.25) is 9.69 Å². The van der Waals surface area contributed by atoms with Gasteiger partial charge in [-0.15, -0.1) is 0 Å². The van der Waals surface area contributed by atoms with Crippen LogP contribution in [0, 0.1) is 18.6 Å². The van der Waals surface area contributed by atoms with Gasteiger partial charge in [-0.1, -0.05) is 12.1 Å². The molecule has 11 heteroatoms. The van der Waals surface area contributed by atoms with Crippen LogP contribution >= 0.6 is 0 Å². The maximum Gasteiger partial charge on any atom is 0.219 e. The number of nitrogen functional groups attached to an aromatic ring is 1. The second-order valence-corrected chi connectivity index (χ2v) is 11.7. The van der Waals surface area contributed by atoms with Crippen LogP contribution in [0.25, 0.3) is 16.6 Å². The number of nitrogens with one attached hydrogen (secondary N) is 1. The molecule has 0 aliphatic carbocycles. The van der Waals surface area contributed by atoms with E-state index in [9.17, 15) is 13.6 Å². The summed E-state index contributed by atoms with van der Waals surface area (Å²) in [6.07, 6.45) is 6.23. The number of H-pyrrole nitrogens is 1. The van der Waals surface area contributed by atoms with Crippen molar-refractivity contribution >= 4 is 22.5 Å². The average Bonchev–Trinajstić information content (AvgIpc) is 3.63. The van der Waals surface area contributed by atoms with Gasteiger partial charge in [0.1, 0.15) is 5.82 Å². The molecule has 1 fully saturated rings. The number of carbonyl (C=O) groups excluding carboxylic acids is 1. The third-order valence-electron chi connectivity index (χ3n) is 8.95. The van der Waals surface area contributed by atoms with Gasteiger partial charge in [-0.25, -0.2) is 18.4 Å². The number of fused-ring (bicyclic) bond motifs is 3. The van der Waals surface area contributed by atoms with Crippen LogP contribution < -0.4 is 10.5 Å².